The number of hydrogen-bond acceptors (Lipinski definition) is 4. The summed E-state index contributed by atoms with van der Waals surface area (Å²) in [6, 6.07) is 11.4. The molecule has 20 heavy (non-hydrogen) atoms. The summed E-state index contributed by atoms with van der Waals surface area (Å²) in [7, 11) is 0. The molecule has 2 aromatic rings. The van der Waals surface area contributed by atoms with Gasteiger partial charge in [-0.2, -0.15) is 5.10 Å². The van der Waals surface area contributed by atoms with Crippen LogP contribution in [0.1, 0.15) is 17.4 Å². The van der Waals surface area contributed by atoms with Crippen LogP contribution >= 0.6 is 11.3 Å². The molecule has 0 bridgehead atoms. The minimum absolute atomic E-state index is 0.168. The Labute approximate surface area is 122 Å². The summed E-state index contributed by atoms with van der Waals surface area (Å²) in [5, 5.41) is 9.03. The van der Waals surface area contributed by atoms with Gasteiger partial charge in [-0.05, 0) is 37.4 Å². The maximum absolute atomic E-state index is 11.9. The standard InChI is InChI=1S/C15H17N3OS/c1-11-5-7-13(8-6-11)17-12(2)15(19)18-16-10-14-4-3-9-20-14/h3-10,12,17H,1-2H3,(H,18,19)/b16-10-/t12-/m0/s1. The molecule has 0 aliphatic rings. The van der Waals surface area contributed by atoms with Crippen LogP contribution in [0.2, 0.25) is 0 Å². The highest BCUT2D eigenvalue weighted by Gasteiger charge is 2.11. The number of rotatable bonds is 5. The first-order valence-corrected chi connectivity index (χ1v) is 7.23. The predicted molar refractivity (Wildman–Crippen MR) is 84.3 cm³/mol. The normalized spacial score (nSPS) is 12.3. The Bertz CT molecular complexity index is 576. The number of nitrogens with one attached hydrogen (secondary N) is 2. The van der Waals surface area contributed by atoms with Crippen LogP contribution in [-0.4, -0.2) is 18.2 Å². The van der Waals surface area contributed by atoms with Gasteiger partial charge in [0.25, 0.3) is 5.91 Å². The molecule has 0 unspecified atom stereocenters. The topological polar surface area (TPSA) is 53.5 Å². The molecule has 4 nitrogen and oxygen atoms in total. The van der Waals surface area contributed by atoms with Gasteiger partial charge in [-0.1, -0.05) is 23.8 Å². The zero-order valence-electron chi connectivity index (χ0n) is 11.5. The molecule has 1 amide bonds. The Kier molecular flexibility index (Phi) is 4.90. The second-order valence-corrected chi connectivity index (χ2v) is 5.46. The number of nitrogens with zero attached hydrogens (tertiary/aromatic N) is 1. The molecule has 0 spiro atoms. The minimum Gasteiger partial charge on any atom is -0.374 e. The Morgan fingerprint density at radius 2 is 2.05 bits per heavy atom. The summed E-state index contributed by atoms with van der Waals surface area (Å²) < 4.78 is 0. The molecule has 1 heterocycles. The smallest absolute Gasteiger partial charge is 0.262 e. The lowest BCUT2D eigenvalue weighted by Gasteiger charge is -2.13. The summed E-state index contributed by atoms with van der Waals surface area (Å²) in [5.41, 5.74) is 4.63. The van der Waals surface area contributed by atoms with Crippen LogP contribution in [0, 0.1) is 6.92 Å². The van der Waals surface area contributed by atoms with Gasteiger partial charge in [-0.3, -0.25) is 4.79 Å². The van der Waals surface area contributed by atoms with Crippen LogP contribution in [0.25, 0.3) is 0 Å². The summed E-state index contributed by atoms with van der Waals surface area (Å²) >= 11 is 1.57. The van der Waals surface area contributed by atoms with Gasteiger partial charge in [0.15, 0.2) is 0 Å². The summed E-state index contributed by atoms with van der Waals surface area (Å²) in [6.07, 6.45) is 1.64. The first-order chi connectivity index (χ1) is 9.65. The summed E-state index contributed by atoms with van der Waals surface area (Å²) in [6.45, 7) is 3.83. The van der Waals surface area contributed by atoms with Crippen molar-refractivity contribution in [2.75, 3.05) is 5.32 Å². The molecule has 0 saturated heterocycles. The lowest BCUT2D eigenvalue weighted by Crippen LogP contribution is -2.34. The van der Waals surface area contributed by atoms with Gasteiger partial charge in [-0.15, -0.1) is 11.3 Å². The highest BCUT2D eigenvalue weighted by molar-refractivity contribution is 7.11. The number of carbonyl (C=O) groups excluding carboxylic acids is 1. The number of thiophene rings is 1. The highest BCUT2D eigenvalue weighted by Crippen LogP contribution is 2.10. The van der Waals surface area contributed by atoms with Crippen LogP contribution in [0.4, 0.5) is 5.69 Å². The van der Waals surface area contributed by atoms with Gasteiger partial charge in [0, 0.05) is 10.6 Å². The molecule has 0 saturated carbocycles. The van der Waals surface area contributed by atoms with E-state index < -0.39 is 0 Å². The van der Waals surface area contributed by atoms with E-state index in [1.807, 2.05) is 48.7 Å². The predicted octanol–water partition coefficient (Wildman–Crippen LogP) is 3.01. The average molecular weight is 287 g/mol. The fourth-order valence-corrected chi connectivity index (χ4v) is 2.17. The van der Waals surface area contributed by atoms with Crippen molar-refractivity contribution in [1.29, 1.82) is 0 Å². The highest BCUT2D eigenvalue weighted by atomic mass is 32.1. The number of hydrogen-bond donors (Lipinski definition) is 2. The van der Waals surface area contributed by atoms with Crippen molar-refractivity contribution in [3.05, 3.63) is 52.2 Å². The number of hydrazone groups is 1. The minimum atomic E-state index is -0.349. The fourth-order valence-electron chi connectivity index (χ4n) is 1.59. The summed E-state index contributed by atoms with van der Waals surface area (Å²) in [5.74, 6) is -0.168. The average Bonchev–Trinajstić information content (AvgIpc) is 2.94. The first-order valence-electron chi connectivity index (χ1n) is 6.35. The van der Waals surface area contributed by atoms with Gasteiger partial charge in [-0.25, -0.2) is 5.43 Å². The van der Waals surface area contributed by atoms with Gasteiger partial charge in [0.1, 0.15) is 6.04 Å². The molecular weight excluding hydrogens is 270 g/mol. The molecule has 0 fully saturated rings. The zero-order chi connectivity index (χ0) is 14.4. The molecule has 2 rings (SSSR count). The number of amides is 1. The summed E-state index contributed by atoms with van der Waals surface area (Å²) in [4.78, 5) is 12.9. The van der Waals surface area contributed by atoms with Crippen LogP contribution in [0.15, 0.2) is 46.9 Å². The molecule has 0 radical (unpaired) electrons. The van der Waals surface area contributed by atoms with E-state index in [0.717, 1.165) is 10.6 Å². The maximum Gasteiger partial charge on any atom is 0.262 e. The quantitative estimate of drug-likeness (QED) is 0.656. The number of aryl methyl sites for hydroxylation is 1. The van der Waals surface area contributed by atoms with Gasteiger partial charge >= 0.3 is 0 Å². The zero-order valence-corrected chi connectivity index (χ0v) is 12.3. The number of carbonyl (C=O) groups is 1. The van der Waals surface area contributed by atoms with E-state index in [1.165, 1.54) is 5.56 Å². The van der Waals surface area contributed by atoms with E-state index in [4.69, 9.17) is 0 Å². The van der Waals surface area contributed by atoms with E-state index in [2.05, 4.69) is 15.8 Å². The molecule has 2 N–H and O–H groups in total. The van der Waals surface area contributed by atoms with Gasteiger partial charge in [0.05, 0.1) is 6.21 Å². The molecule has 1 aromatic carbocycles. The van der Waals surface area contributed by atoms with E-state index in [1.54, 1.807) is 24.5 Å². The second-order valence-electron chi connectivity index (χ2n) is 4.48. The van der Waals surface area contributed by atoms with Crippen LogP contribution in [0.3, 0.4) is 0 Å². The largest absolute Gasteiger partial charge is 0.374 e. The Hall–Kier alpha value is -2.14. The van der Waals surface area contributed by atoms with Crippen molar-refractivity contribution >= 4 is 29.1 Å². The van der Waals surface area contributed by atoms with E-state index in [-0.39, 0.29) is 11.9 Å². The van der Waals surface area contributed by atoms with Gasteiger partial charge in [0.2, 0.25) is 0 Å². The third-order valence-electron chi connectivity index (χ3n) is 2.74. The first kappa shape index (κ1) is 14.3. The Morgan fingerprint density at radius 1 is 1.30 bits per heavy atom. The monoisotopic (exact) mass is 287 g/mol. The fraction of sp³-hybridized carbons (Fsp3) is 0.200. The van der Waals surface area contributed by atoms with E-state index in [0.29, 0.717) is 0 Å². The van der Waals surface area contributed by atoms with E-state index >= 15 is 0 Å². The van der Waals surface area contributed by atoms with Gasteiger partial charge < -0.3 is 5.32 Å². The van der Waals surface area contributed by atoms with Crippen molar-refractivity contribution in [2.45, 2.75) is 19.9 Å². The Balaban J connectivity index is 1.84. The second kappa shape index (κ2) is 6.86. The lowest BCUT2D eigenvalue weighted by molar-refractivity contribution is -0.121. The SMILES string of the molecule is Cc1ccc(N[C@@H](C)C(=O)N/N=C\c2cccs2)cc1. The van der Waals surface area contributed by atoms with Crippen LogP contribution in [0.5, 0.6) is 0 Å². The van der Waals surface area contributed by atoms with Crippen LogP contribution < -0.4 is 10.7 Å². The van der Waals surface area contributed by atoms with Crippen LogP contribution in [-0.2, 0) is 4.79 Å². The molecule has 0 aliphatic carbocycles. The van der Waals surface area contributed by atoms with Crippen molar-refractivity contribution in [3.63, 3.8) is 0 Å². The van der Waals surface area contributed by atoms with Crippen molar-refractivity contribution in [3.8, 4) is 0 Å². The molecule has 104 valence electrons. The molecule has 1 aromatic heterocycles. The molecule has 0 aliphatic heterocycles. The van der Waals surface area contributed by atoms with Crippen molar-refractivity contribution in [1.82, 2.24) is 5.43 Å². The van der Waals surface area contributed by atoms with Crippen molar-refractivity contribution in [2.24, 2.45) is 5.10 Å². The Morgan fingerprint density at radius 3 is 2.70 bits per heavy atom. The number of benzene rings is 1. The molecule has 5 heteroatoms. The number of anilines is 1. The molecular formula is C15H17N3OS. The lowest BCUT2D eigenvalue weighted by atomic mass is 10.2. The third-order valence-corrected chi connectivity index (χ3v) is 3.54. The molecule has 1 atom stereocenters. The van der Waals surface area contributed by atoms with Crippen molar-refractivity contribution < 1.29 is 4.79 Å². The van der Waals surface area contributed by atoms with E-state index in [9.17, 15) is 4.79 Å². The third kappa shape index (κ3) is 4.20. The maximum atomic E-state index is 11.9.